The van der Waals surface area contributed by atoms with Crippen molar-refractivity contribution in [3.8, 4) is 11.3 Å². The van der Waals surface area contributed by atoms with Crippen LogP contribution in [0.15, 0.2) is 67.1 Å². The summed E-state index contributed by atoms with van der Waals surface area (Å²) in [4.78, 5) is 19.9. The minimum absolute atomic E-state index is 0.121. The van der Waals surface area contributed by atoms with Gasteiger partial charge in [0.2, 0.25) is 5.91 Å². The first kappa shape index (κ1) is 16.7. The zero-order valence-electron chi connectivity index (χ0n) is 14.5. The normalized spacial score (nSPS) is 10.7. The molecule has 0 fully saturated rings. The summed E-state index contributed by atoms with van der Waals surface area (Å²) in [5.74, 6) is 0.158. The smallest absolute Gasteiger partial charge is 0.221 e. The van der Waals surface area contributed by atoms with E-state index in [2.05, 4.69) is 20.6 Å². The molecule has 134 valence electrons. The lowest BCUT2D eigenvalue weighted by molar-refractivity contribution is -0.114. The zero-order valence-corrected chi connectivity index (χ0v) is 14.5. The maximum atomic E-state index is 13.6. The van der Waals surface area contributed by atoms with E-state index in [9.17, 15) is 9.18 Å². The van der Waals surface area contributed by atoms with Gasteiger partial charge in [0.05, 0.1) is 11.9 Å². The molecule has 7 heteroatoms. The van der Waals surface area contributed by atoms with Gasteiger partial charge in [0, 0.05) is 36.3 Å². The van der Waals surface area contributed by atoms with Gasteiger partial charge in [0.15, 0.2) is 11.5 Å². The highest BCUT2D eigenvalue weighted by atomic mass is 19.1. The molecule has 2 aromatic heterocycles. The predicted octanol–water partition coefficient (Wildman–Crippen LogP) is 4.24. The Hall–Kier alpha value is -3.74. The monoisotopic (exact) mass is 361 g/mol. The van der Waals surface area contributed by atoms with Gasteiger partial charge in [-0.25, -0.2) is 14.4 Å². The Labute approximate surface area is 154 Å². The van der Waals surface area contributed by atoms with Gasteiger partial charge in [-0.3, -0.25) is 9.20 Å². The summed E-state index contributed by atoms with van der Waals surface area (Å²) in [6, 6.07) is 13.7. The van der Waals surface area contributed by atoms with Crippen LogP contribution in [0.25, 0.3) is 16.9 Å². The third-order valence-corrected chi connectivity index (χ3v) is 4.02. The van der Waals surface area contributed by atoms with Gasteiger partial charge in [-0.05, 0) is 36.4 Å². The Morgan fingerprint density at radius 2 is 1.85 bits per heavy atom. The van der Waals surface area contributed by atoms with Crippen molar-refractivity contribution in [1.82, 2.24) is 14.4 Å². The van der Waals surface area contributed by atoms with Gasteiger partial charge in [0.25, 0.3) is 0 Å². The standard InChI is InChI=1S/C20H16FN5O/c1-13(27)24-16-5-7-17(8-6-16)25-19-20-23-12-18(26(20)10-9-22-19)14-3-2-4-15(21)11-14/h2-12H,1H3,(H,22,25)(H,24,27). The Morgan fingerprint density at radius 3 is 2.59 bits per heavy atom. The quantitative estimate of drug-likeness (QED) is 0.570. The number of benzene rings is 2. The number of hydrogen-bond acceptors (Lipinski definition) is 4. The van der Waals surface area contributed by atoms with E-state index in [-0.39, 0.29) is 11.7 Å². The third-order valence-electron chi connectivity index (χ3n) is 4.02. The number of nitrogens with one attached hydrogen (secondary N) is 2. The van der Waals surface area contributed by atoms with Crippen molar-refractivity contribution >= 4 is 28.7 Å². The van der Waals surface area contributed by atoms with Crippen molar-refractivity contribution in [2.24, 2.45) is 0 Å². The number of fused-ring (bicyclic) bond motifs is 1. The molecular weight excluding hydrogens is 345 g/mol. The molecule has 2 aromatic carbocycles. The zero-order chi connectivity index (χ0) is 18.8. The van der Waals surface area contributed by atoms with Gasteiger partial charge < -0.3 is 10.6 Å². The number of anilines is 3. The fourth-order valence-corrected chi connectivity index (χ4v) is 2.85. The van der Waals surface area contributed by atoms with E-state index < -0.39 is 0 Å². The molecule has 0 aliphatic carbocycles. The maximum Gasteiger partial charge on any atom is 0.221 e. The number of amides is 1. The average Bonchev–Trinajstić information content (AvgIpc) is 3.08. The van der Waals surface area contributed by atoms with Gasteiger partial charge in [-0.1, -0.05) is 12.1 Å². The van der Waals surface area contributed by atoms with E-state index in [0.29, 0.717) is 17.2 Å². The third kappa shape index (κ3) is 3.48. The minimum Gasteiger partial charge on any atom is -0.337 e. The predicted molar refractivity (Wildman–Crippen MR) is 102 cm³/mol. The molecule has 4 aromatic rings. The van der Waals surface area contributed by atoms with Crippen molar-refractivity contribution in [2.75, 3.05) is 10.6 Å². The maximum absolute atomic E-state index is 13.6. The Bertz CT molecular complexity index is 1120. The number of carbonyl (C=O) groups is 1. The molecule has 0 aliphatic rings. The lowest BCUT2D eigenvalue weighted by Crippen LogP contribution is -2.05. The van der Waals surface area contributed by atoms with E-state index in [1.54, 1.807) is 36.8 Å². The fraction of sp³-hybridized carbons (Fsp3) is 0.0500. The molecule has 0 saturated heterocycles. The SMILES string of the molecule is CC(=O)Nc1ccc(Nc2nccn3c(-c4cccc(F)c4)cnc23)cc1. The first-order chi connectivity index (χ1) is 13.1. The summed E-state index contributed by atoms with van der Waals surface area (Å²) in [6.45, 7) is 1.46. The van der Waals surface area contributed by atoms with Gasteiger partial charge in [0.1, 0.15) is 5.82 Å². The molecule has 0 atom stereocenters. The molecule has 6 nitrogen and oxygen atoms in total. The summed E-state index contributed by atoms with van der Waals surface area (Å²) < 4.78 is 15.4. The Balaban J connectivity index is 1.66. The summed E-state index contributed by atoms with van der Waals surface area (Å²) in [6.07, 6.45) is 5.13. The van der Waals surface area contributed by atoms with Crippen LogP contribution in [0.2, 0.25) is 0 Å². The number of aromatic nitrogens is 3. The second-order valence-corrected chi connectivity index (χ2v) is 6.01. The van der Waals surface area contributed by atoms with E-state index in [0.717, 1.165) is 16.9 Å². The molecule has 0 saturated carbocycles. The summed E-state index contributed by atoms with van der Waals surface area (Å²) in [7, 11) is 0. The number of hydrogen-bond donors (Lipinski definition) is 2. The van der Waals surface area contributed by atoms with Gasteiger partial charge >= 0.3 is 0 Å². The number of imidazole rings is 1. The largest absolute Gasteiger partial charge is 0.337 e. The van der Waals surface area contributed by atoms with Crippen LogP contribution in [-0.4, -0.2) is 20.3 Å². The van der Waals surface area contributed by atoms with E-state index >= 15 is 0 Å². The molecule has 0 spiro atoms. The summed E-state index contributed by atoms with van der Waals surface area (Å²) in [5.41, 5.74) is 3.66. The highest BCUT2D eigenvalue weighted by molar-refractivity contribution is 5.89. The average molecular weight is 361 g/mol. The number of rotatable bonds is 4. The Kier molecular flexibility index (Phi) is 4.25. The van der Waals surface area contributed by atoms with E-state index in [1.807, 2.05) is 22.6 Å². The molecule has 0 bridgehead atoms. The van der Waals surface area contributed by atoms with Crippen LogP contribution in [0.4, 0.5) is 21.6 Å². The first-order valence-corrected chi connectivity index (χ1v) is 8.33. The van der Waals surface area contributed by atoms with Crippen molar-refractivity contribution in [3.63, 3.8) is 0 Å². The highest BCUT2D eigenvalue weighted by Crippen LogP contribution is 2.26. The van der Waals surface area contributed by atoms with Crippen molar-refractivity contribution in [2.45, 2.75) is 6.92 Å². The van der Waals surface area contributed by atoms with Crippen molar-refractivity contribution in [1.29, 1.82) is 0 Å². The van der Waals surface area contributed by atoms with Crippen molar-refractivity contribution < 1.29 is 9.18 Å². The summed E-state index contributed by atoms with van der Waals surface area (Å²) >= 11 is 0. The molecule has 0 aliphatic heterocycles. The number of halogens is 1. The second-order valence-electron chi connectivity index (χ2n) is 6.01. The molecule has 0 unspecified atom stereocenters. The molecule has 0 radical (unpaired) electrons. The van der Waals surface area contributed by atoms with Crippen LogP contribution in [0, 0.1) is 5.82 Å². The van der Waals surface area contributed by atoms with Gasteiger partial charge in [-0.15, -0.1) is 0 Å². The van der Waals surface area contributed by atoms with Crippen LogP contribution in [0.1, 0.15) is 6.92 Å². The van der Waals surface area contributed by atoms with E-state index in [1.165, 1.54) is 19.1 Å². The molecule has 2 N–H and O–H groups in total. The highest BCUT2D eigenvalue weighted by Gasteiger charge is 2.11. The van der Waals surface area contributed by atoms with Crippen molar-refractivity contribution in [3.05, 3.63) is 72.9 Å². The second kappa shape index (κ2) is 6.87. The summed E-state index contributed by atoms with van der Waals surface area (Å²) in [5, 5.41) is 5.94. The van der Waals surface area contributed by atoms with Gasteiger partial charge in [-0.2, -0.15) is 0 Å². The topological polar surface area (TPSA) is 71.3 Å². The van der Waals surface area contributed by atoms with Crippen LogP contribution in [0.3, 0.4) is 0 Å². The number of carbonyl (C=O) groups excluding carboxylic acids is 1. The minimum atomic E-state index is -0.297. The fourth-order valence-electron chi connectivity index (χ4n) is 2.85. The number of nitrogens with zero attached hydrogens (tertiary/aromatic N) is 3. The molecule has 4 rings (SSSR count). The van der Waals surface area contributed by atoms with Crippen LogP contribution in [0.5, 0.6) is 0 Å². The first-order valence-electron chi connectivity index (χ1n) is 8.33. The lowest BCUT2D eigenvalue weighted by Gasteiger charge is -2.09. The Morgan fingerprint density at radius 1 is 1.07 bits per heavy atom. The van der Waals surface area contributed by atoms with E-state index in [4.69, 9.17) is 0 Å². The van der Waals surface area contributed by atoms with Crippen LogP contribution in [-0.2, 0) is 4.79 Å². The molecule has 27 heavy (non-hydrogen) atoms. The molecular formula is C20H16FN5O. The molecule has 1 amide bonds. The van der Waals surface area contributed by atoms with Crippen LogP contribution < -0.4 is 10.6 Å². The lowest BCUT2D eigenvalue weighted by atomic mass is 10.1. The molecule has 2 heterocycles. The van der Waals surface area contributed by atoms with Crippen LogP contribution >= 0.6 is 0 Å².